The Morgan fingerprint density at radius 1 is 1.28 bits per heavy atom. The molecule has 0 bridgehead atoms. The van der Waals surface area contributed by atoms with Gasteiger partial charge in [-0.1, -0.05) is 0 Å². The van der Waals surface area contributed by atoms with Gasteiger partial charge in [-0.15, -0.1) is 0 Å². The third-order valence-electron chi connectivity index (χ3n) is 3.50. The predicted molar refractivity (Wildman–Crippen MR) is 88.3 cm³/mol. The van der Waals surface area contributed by atoms with Crippen molar-refractivity contribution in [2.24, 2.45) is 0 Å². The molecular formula is C18H15F2N3O2. The van der Waals surface area contributed by atoms with Gasteiger partial charge in [0, 0.05) is 35.5 Å². The van der Waals surface area contributed by atoms with Gasteiger partial charge in [0.15, 0.2) is 0 Å². The van der Waals surface area contributed by atoms with Crippen LogP contribution in [0, 0.1) is 11.6 Å². The zero-order valence-corrected chi connectivity index (χ0v) is 13.2. The van der Waals surface area contributed by atoms with Crippen molar-refractivity contribution in [3.05, 3.63) is 72.5 Å². The monoisotopic (exact) mass is 343 g/mol. The molecule has 5 nitrogen and oxygen atoms in total. The summed E-state index contributed by atoms with van der Waals surface area (Å²) in [6.45, 7) is 0.826. The lowest BCUT2D eigenvalue weighted by molar-refractivity contribution is -0.116. The molecule has 0 aliphatic rings. The maximum Gasteiger partial charge on any atom is 0.244 e. The highest BCUT2D eigenvalue weighted by molar-refractivity contribution is 5.91. The molecule has 0 radical (unpaired) electrons. The van der Waals surface area contributed by atoms with Crippen LogP contribution in [0.5, 0.6) is 0 Å². The van der Waals surface area contributed by atoms with Crippen molar-refractivity contribution in [2.75, 3.05) is 6.54 Å². The van der Waals surface area contributed by atoms with Gasteiger partial charge in [0.2, 0.25) is 5.91 Å². The van der Waals surface area contributed by atoms with Gasteiger partial charge in [0.1, 0.15) is 11.6 Å². The summed E-state index contributed by atoms with van der Waals surface area (Å²) in [5.41, 5.74) is 1.86. The summed E-state index contributed by atoms with van der Waals surface area (Å²) in [6, 6.07) is 4.90. The van der Waals surface area contributed by atoms with Crippen LogP contribution in [0.1, 0.15) is 5.56 Å². The molecule has 0 aliphatic carbocycles. The number of carbonyl (C=O) groups excluding carboxylic acids is 1. The maximum absolute atomic E-state index is 13.4. The van der Waals surface area contributed by atoms with E-state index in [4.69, 9.17) is 4.42 Å². The SMILES string of the molecule is O=C(C=Cc1cc(F)ccc1F)NCCn1cc(-c2ccoc2)cn1. The predicted octanol–water partition coefficient (Wildman–Crippen LogP) is 3.25. The maximum atomic E-state index is 13.4. The topological polar surface area (TPSA) is 60.1 Å². The number of nitrogens with one attached hydrogen (secondary N) is 1. The molecule has 1 amide bonds. The highest BCUT2D eigenvalue weighted by atomic mass is 19.1. The molecule has 1 aromatic carbocycles. The molecule has 0 fully saturated rings. The number of rotatable bonds is 6. The highest BCUT2D eigenvalue weighted by Gasteiger charge is 2.04. The number of benzene rings is 1. The molecule has 0 saturated heterocycles. The van der Waals surface area contributed by atoms with Crippen molar-refractivity contribution in [3.63, 3.8) is 0 Å². The van der Waals surface area contributed by atoms with Crippen molar-refractivity contribution in [1.82, 2.24) is 15.1 Å². The van der Waals surface area contributed by atoms with Crippen LogP contribution in [-0.4, -0.2) is 22.2 Å². The first-order valence-corrected chi connectivity index (χ1v) is 7.58. The second kappa shape index (κ2) is 7.57. The van der Waals surface area contributed by atoms with Gasteiger partial charge in [-0.3, -0.25) is 9.48 Å². The summed E-state index contributed by atoms with van der Waals surface area (Å²) in [4.78, 5) is 11.7. The minimum atomic E-state index is -0.589. The number of aromatic nitrogens is 2. The Morgan fingerprint density at radius 2 is 2.16 bits per heavy atom. The lowest BCUT2D eigenvalue weighted by Gasteiger charge is -2.02. The molecule has 2 aromatic heterocycles. The molecule has 2 heterocycles. The van der Waals surface area contributed by atoms with Crippen LogP contribution >= 0.6 is 0 Å². The average Bonchev–Trinajstić information content (AvgIpc) is 3.27. The summed E-state index contributed by atoms with van der Waals surface area (Å²) in [6.07, 6.45) is 9.16. The van der Waals surface area contributed by atoms with Crippen molar-refractivity contribution in [1.29, 1.82) is 0 Å². The molecule has 7 heteroatoms. The Kier molecular flexibility index (Phi) is 5.03. The number of furan rings is 1. The van der Waals surface area contributed by atoms with Crippen LogP contribution < -0.4 is 5.32 Å². The van der Waals surface area contributed by atoms with E-state index in [1.807, 2.05) is 12.3 Å². The minimum Gasteiger partial charge on any atom is -0.472 e. The molecule has 0 saturated carbocycles. The van der Waals surface area contributed by atoms with Gasteiger partial charge in [0.05, 0.1) is 25.3 Å². The smallest absolute Gasteiger partial charge is 0.244 e. The molecule has 3 aromatic rings. The summed E-state index contributed by atoms with van der Waals surface area (Å²) < 4.78 is 33.2. The molecule has 25 heavy (non-hydrogen) atoms. The zero-order valence-electron chi connectivity index (χ0n) is 13.2. The van der Waals surface area contributed by atoms with Gasteiger partial charge in [0.25, 0.3) is 0 Å². The van der Waals surface area contributed by atoms with Crippen molar-refractivity contribution >= 4 is 12.0 Å². The number of halogens is 2. The van der Waals surface area contributed by atoms with Gasteiger partial charge >= 0.3 is 0 Å². The van der Waals surface area contributed by atoms with E-state index in [9.17, 15) is 13.6 Å². The van der Waals surface area contributed by atoms with E-state index in [0.29, 0.717) is 13.1 Å². The average molecular weight is 343 g/mol. The van der Waals surface area contributed by atoms with Gasteiger partial charge < -0.3 is 9.73 Å². The fraction of sp³-hybridized carbons (Fsp3) is 0.111. The number of hydrogen-bond donors (Lipinski definition) is 1. The first kappa shape index (κ1) is 16.6. The summed E-state index contributed by atoms with van der Waals surface area (Å²) in [5.74, 6) is -1.55. The molecule has 1 N–H and O–H groups in total. The molecular weight excluding hydrogens is 328 g/mol. The number of amides is 1. The summed E-state index contributed by atoms with van der Waals surface area (Å²) in [7, 11) is 0. The van der Waals surface area contributed by atoms with E-state index < -0.39 is 17.5 Å². The lowest BCUT2D eigenvalue weighted by Crippen LogP contribution is -2.25. The van der Waals surface area contributed by atoms with Crippen LogP contribution in [0.2, 0.25) is 0 Å². The first-order chi connectivity index (χ1) is 12.1. The Hall–Kier alpha value is -3.22. The minimum absolute atomic E-state index is 0.0204. The van der Waals surface area contributed by atoms with Crippen LogP contribution in [0.15, 0.2) is 59.7 Å². The van der Waals surface area contributed by atoms with Crippen LogP contribution in [0.3, 0.4) is 0 Å². The van der Waals surface area contributed by atoms with Crippen LogP contribution in [0.25, 0.3) is 17.2 Å². The van der Waals surface area contributed by atoms with Crippen LogP contribution in [0.4, 0.5) is 8.78 Å². The number of hydrogen-bond acceptors (Lipinski definition) is 3. The Balaban J connectivity index is 1.49. The molecule has 0 unspecified atom stereocenters. The van der Waals surface area contributed by atoms with Crippen molar-refractivity contribution < 1.29 is 18.0 Å². The first-order valence-electron chi connectivity index (χ1n) is 7.58. The van der Waals surface area contributed by atoms with E-state index in [-0.39, 0.29) is 5.56 Å². The Labute approximate surface area is 142 Å². The third-order valence-corrected chi connectivity index (χ3v) is 3.50. The van der Waals surface area contributed by atoms with Crippen molar-refractivity contribution in [2.45, 2.75) is 6.54 Å². The third kappa shape index (κ3) is 4.41. The zero-order chi connectivity index (χ0) is 17.6. The second-order valence-corrected chi connectivity index (χ2v) is 5.29. The van der Waals surface area contributed by atoms with E-state index >= 15 is 0 Å². The highest BCUT2D eigenvalue weighted by Crippen LogP contribution is 2.18. The lowest BCUT2D eigenvalue weighted by atomic mass is 10.2. The van der Waals surface area contributed by atoms with E-state index in [0.717, 1.165) is 35.4 Å². The normalized spacial score (nSPS) is 11.1. The molecule has 0 atom stereocenters. The molecule has 0 aliphatic heterocycles. The van der Waals surface area contributed by atoms with Gasteiger partial charge in [-0.25, -0.2) is 8.78 Å². The molecule has 0 spiro atoms. The van der Waals surface area contributed by atoms with Crippen LogP contribution in [-0.2, 0) is 11.3 Å². The fourth-order valence-corrected chi connectivity index (χ4v) is 2.22. The van der Waals surface area contributed by atoms with E-state index in [1.165, 1.54) is 6.08 Å². The number of carbonyl (C=O) groups is 1. The second-order valence-electron chi connectivity index (χ2n) is 5.29. The van der Waals surface area contributed by atoms with Gasteiger partial charge in [-0.2, -0.15) is 5.10 Å². The summed E-state index contributed by atoms with van der Waals surface area (Å²) >= 11 is 0. The summed E-state index contributed by atoms with van der Waals surface area (Å²) in [5, 5.41) is 6.86. The Morgan fingerprint density at radius 3 is 2.96 bits per heavy atom. The Bertz CT molecular complexity index is 886. The molecule has 3 rings (SSSR count). The van der Waals surface area contributed by atoms with Crippen molar-refractivity contribution in [3.8, 4) is 11.1 Å². The van der Waals surface area contributed by atoms with Gasteiger partial charge in [-0.05, 0) is 30.3 Å². The fourth-order valence-electron chi connectivity index (χ4n) is 2.22. The van der Waals surface area contributed by atoms with E-state index in [1.54, 1.807) is 23.4 Å². The molecule has 128 valence electrons. The largest absolute Gasteiger partial charge is 0.472 e. The quantitative estimate of drug-likeness (QED) is 0.699. The standard InChI is InChI=1S/C18H15F2N3O2/c19-16-2-3-17(20)13(9-16)1-4-18(24)21-6-7-23-11-15(10-22-23)14-5-8-25-12-14/h1-5,8-12H,6-7H2,(H,21,24). The number of nitrogens with zero attached hydrogens (tertiary/aromatic N) is 2. The van der Waals surface area contributed by atoms with E-state index in [2.05, 4.69) is 10.4 Å².